The van der Waals surface area contributed by atoms with Crippen molar-refractivity contribution in [1.29, 1.82) is 0 Å². The van der Waals surface area contributed by atoms with Crippen LogP contribution in [0.15, 0.2) is 24.5 Å². The molecule has 0 aliphatic rings. The van der Waals surface area contributed by atoms with E-state index in [9.17, 15) is 5.11 Å². The molecule has 3 heterocycles. The number of pyridine rings is 1. The molecule has 3 aromatic heterocycles. The molecule has 0 fully saturated rings. The third-order valence-electron chi connectivity index (χ3n) is 3.08. The zero-order valence-electron chi connectivity index (χ0n) is 10.7. The zero-order chi connectivity index (χ0) is 13.4. The number of aromatic hydroxyl groups is 1. The number of aromatic nitrogens is 4. The molecule has 19 heavy (non-hydrogen) atoms. The molecular formula is C13H14N4OS. The smallest absolute Gasteiger partial charge is 0.201 e. The fourth-order valence-corrected chi connectivity index (χ4v) is 2.91. The van der Waals surface area contributed by atoms with Crippen molar-refractivity contribution in [1.82, 2.24) is 19.1 Å². The van der Waals surface area contributed by atoms with Crippen LogP contribution in [0.3, 0.4) is 0 Å². The molecule has 5 nitrogen and oxygen atoms in total. The maximum atomic E-state index is 10.2. The first kappa shape index (κ1) is 12.1. The topological polar surface area (TPSA) is 63.8 Å². The number of fused-ring (bicyclic) bond motifs is 1. The fraction of sp³-hybridized carbons (Fsp3) is 0.308. The van der Waals surface area contributed by atoms with Gasteiger partial charge in [-0.25, -0.2) is 0 Å². The van der Waals surface area contributed by atoms with Crippen molar-refractivity contribution in [3.63, 3.8) is 0 Å². The molecule has 0 atom stereocenters. The second-order valence-electron chi connectivity index (χ2n) is 4.75. The molecule has 0 aliphatic heterocycles. The summed E-state index contributed by atoms with van der Waals surface area (Å²) >= 11 is 1.38. The predicted molar refractivity (Wildman–Crippen MR) is 74.5 cm³/mol. The molecule has 98 valence electrons. The maximum absolute atomic E-state index is 10.2. The van der Waals surface area contributed by atoms with Gasteiger partial charge in [0.15, 0.2) is 0 Å². The molecule has 0 amide bonds. The largest absolute Gasteiger partial charge is 0.494 e. The van der Waals surface area contributed by atoms with Gasteiger partial charge in [-0.1, -0.05) is 18.3 Å². The normalized spacial score (nSPS) is 11.5. The molecular weight excluding hydrogens is 260 g/mol. The lowest BCUT2D eigenvalue weighted by Crippen LogP contribution is -2.00. The Hall–Kier alpha value is -1.95. The standard InChI is InChI=1S/C13H14N4OS/c1-8(2)12-11(19-16-15-12)7-17-6-10-9(13(17)18)4-3-5-14-10/h3-6,8,18H,7H2,1-2H3. The number of rotatable bonds is 3. The van der Waals surface area contributed by atoms with E-state index in [0.717, 1.165) is 21.5 Å². The molecule has 0 spiro atoms. The Labute approximate surface area is 114 Å². The van der Waals surface area contributed by atoms with Crippen LogP contribution in [0.4, 0.5) is 0 Å². The Morgan fingerprint density at radius 1 is 1.42 bits per heavy atom. The Morgan fingerprint density at radius 3 is 3.00 bits per heavy atom. The summed E-state index contributed by atoms with van der Waals surface area (Å²) in [4.78, 5) is 5.32. The van der Waals surface area contributed by atoms with E-state index in [1.54, 1.807) is 10.8 Å². The van der Waals surface area contributed by atoms with Gasteiger partial charge in [-0.3, -0.25) is 4.98 Å². The molecule has 0 radical (unpaired) electrons. The maximum Gasteiger partial charge on any atom is 0.201 e. The summed E-state index contributed by atoms with van der Waals surface area (Å²) in [5.74, 6) is 0.574. The summed E-state index contributed by atoms with van der Waals surface area (Å²) in [6.45, 7) is 4.76. The van der Waals surface area contributed by atoms with Gasteiger partial charge < -0.3 is 9.67 Å². The Morgan fingerprint density at radius 2 is 2.26 bits per heavy atom. The average Bonchev–Trinajstić information content (AvgIpc) is 2.97. The molecule has 6 heteroatoms. The Bertz CT molecular complexity index is 716. The van der Waals surface area contributed by atoms with Crippen LogP contribution in [0.2, 0.25) is 0 Å². The van der Waals surface area contributed by atoms with E-state index < -0.39 is 0 Å². The second kappa shape index (κ2) is 4.62. The highest BCUT2D eigenvalue weighted by Gasteiger charge is 2.15. The van der Waals surface area contributed by atoms with Crippen molar-refractivity contribution in [2.24, 2.45) is 0 Å². The Balaban J connectivity index is 2.01. The van der Waals surface area contributed by atoms with Crippen LogP contribution in [-0.4, -0.2) is 24.2 Å². The molecule has 0 unspecified atom stereocenters. The molecule has 1 N–H and O–H groups in total. The lowest BCUT2D eigenvalue weighted by atomic mass is 10.1. The lowest BCUT2D eigenvalue weighted by Gasteiger charge is -2.06. The van der Waals surface area contributed by atoms with Gasteiger partial charge in [0.25, 0.3) is 0 Å². The Kier molecular flexibility index (Phi) is 2.94. The van der Waals surface area contributed by atoms with Crippen LogP contribution < -0.4 is 0 Å². The van der Waals surface area contributed by atoms with Crippen LogP contribution in [0.1, 0.15) is 30.3 Å². The van der Waals surface area contributed by atoms with Gasteiger partial charge in [-0.2, -0.15) is 0 Å². The van der Waals surface area contributed by atoms with E-state index in [-0.39, 0.29) is 5.88 Å². The number of nitrogens with zero attached hydrogens (tertiary/aromatic N) is 4. The highest BCUT2D eigenvalue weighted by Crippen LogP contribution is 2.28. The van der Waals surface area contributed by atoms with Gasteiger partial charge >= 0.3 is 0 Å². The fourth-order valence-electron chi connectivity index (χ4n) is 2.11. The van der Waals surface area contributed by atoms with E-state index in [1.165, 1.54) is 11.5 Å². The zero-order valence-corrected chi connectivity index (χ0v) is 11.6. The monoisotopic (exact) mass is 274 g/mol. The second-order valence-corrected chi connectivity index (χ2v) is 5.59. The predicted octanol–water partition coefficient (Wildman–Crippen LogP) is 2.77. The highest BCUT2D eigenvalue weighted by atomic mass is 32.1. The van der Waals surface area contributed by atoms with Gasteiger partial charge in [0, 0.05) is 12.4 Å². The van der Waals surface area contributed by atoms with Crippen LogP contribution in [-0.2, 0) is 6.54 Å². The first-order chi connectivity index (χ1) is 9.16. The first-order valence-electron chi connectivity index (χ1n) is 6.10. The highest BCUT2D eigenvalue weighted by molar-refractivity contribution is 7.05. The SMILES string of the molecule is CC(C)c1nnsc1Cn1cc2ncccc2c1O. The van der Waals surface area contributed by atoms with Gasteiger partial charge in [-0.15, -0.1) is 5.10 Å². The van der Waals surface area contributed by atoms with Crippen LogP contribution in [0.25, 0.3) is 10.9 Å². The average molecular weight is 274 g/mol. The molecule has 0 bridgehead atoms. The number of hydrogen-bond acceptors (Lipinski definition) is 5. The van der Waals surface area contributed by atoms with Gasteiger partial charge in [0.2, 0.25) is 5.88 Å². The van der Waals surface area contributed by atoms with Crippen LogP contribution >= 0.6 is 11.5 Å². The minimum absolute atomic E-state index is 0.242. The summed E-state index contributed by atoms with van der Waals surface area (Å²) in [6.07, 6.45) is 3.58. The van der Waals surface area contributed by atoms with E-state index >= 15 is 0 Å². The van der Waals surface area contributed by atoms with Crippen LogP contribution in [0.5, 0.6) is 5.88 Å². The quantitative estimate of drug-likeness (QED) is 0.797. The van der Waals surface area contributed by atoms with Gasteiger partial charge in [0.05, 0.1) is 28.0 Å². The van der Waals surface area contributed by atoms with E-state index in [0.29, 0.717) is 12.5 Å². The van der Waals surface area contributed by atoms with E-state index in [1.807, 2.05) is 18.3 Å². The molecule has 0 aromatic carbocycles. The number of hydrogen-bond donors (Lipinski definition) is 1. The van der Waals surface area contributed by atoms with Gasteiger partial charge in [0.1, 0.15) is 0 Å². The van der Waals surface area contributed by atoms with Crippen LogP contribution in [0, 0.1) is 0 Å². The summed E-state index contributed by atoms with van der Waals surface area (Å²) in [5, 5.41) is 15.1. The third kappa shape index (κ3) is 2.08. The van der Waals surface area contributed by atoms with Gasteiger partial charge in [-0.05, 0) is 29.6 Å². The molecule has 3 aromatic rings. The van der Waals surface area contributed by atoms with E-state index in [2.05, 4.69) is 28.4 Å². The minimum Gasteiger partial charge on any atom is -0.494 e. The van der Waals surface area contributed by atoms with Crippen molar-refractivity contribution in [2.75, 3.05) is 0 Å². The lowest BCUT2D eigenvalue weighted by molar-refractivity contribution is 0.430. The molecule has 0 saturated carbocycles. The molecule has 3 rings (SSSR count). The summed E-state index contributed by atoms with van der Waals surface area (Å²) < 4.78 is 5.79. The molecule has 0 aliphatic carbocycles. The van der Waals surface area contributed by atoms with Crippen molar-refractivity contribution in [2.45, 2.75) is 26.3 Å². The van der Waals surface area contributed by atoms with Crippen molar-refractivity contribution in [3.05, 3.63) is 35.1 Å². The third-order valence-corrected chi connectivity index (χ3v) is 3.80. The first-order valence-corrected chi connectivity index (χ1v) is 6.88. The summed E-state index contributed by atoms with van der Waals surface area (Å²) in [6, 6.07) is 3.68. The summed E-state index contributed by atoms with van der Waals surface area (Å²) in [7, 11) is 0. The molecule has 0 saturated heterocycles. The van der Waals surface area contributed by atoms with E-state index in [4.69, 9.17) is 0 Å². The van der Waals surface area contributed by atoms with Crippen molar-refractivity contribution in [3.8, 4) is 5.88 Å². The van der Waals surface area contributed by atoms with Crippen molar-refractivity contribution >= 4 is 22.4 Å². The summed E-state index contributed by atoms with van der Waals surface area (Å²) in [5.41, 5.74) is 1.79. The van der Waals surface area contributed by atoms with Crippen molar-refractivity contribution < 1.29 is 5.11 Å². The minimum atomic E-state index is 0.242.